The maximum absolute atomic E-state index is 5.85. The van der Waals surface area contributed by atoms with E-state index in [0.717, 1.165) is 30.2 Å². The van der Waals surface area contributed by atoms with Crippen LogP contribution in [-0.4, -0.2) is 39.2 Å². The van der Waals surface area contributed by atoms with Crippen molar-refractivity contribution in [3.63, 3.8) is 0 Å². The molecule has 0 bridgehead atoms. The highest BCUT2D eigenvalue weighted by Gasteiger charge is 2.08. The molecular formula is C21H30ClNO3S. The van der Waals surface area contributed by atoms with E-state index in [0.29, 0.717) is 19.3 Å². The Kier molecular flexibility index (Phi) is 11.1. The van der Waals surface area contributed by atoms with Crippen LogP contribution in [0.15, 0.2) is 47.4 Å². The van der Waals surface area contributed by atoms with Crippen molar-refractivity contribution in [2.45, 2.75) is 31.2 Å². The lowest BCUT2D eigenvalue weighted by Gasteiger charge is -2.16. The molecule has 0 spiro atoms. The summed E-state index contributed by atoms with van der Waals surface area (Å²) in [6.45, 7) is 6.19. The van der Waals surface area contributed by atoms with E-state index in [9.17, 15) is 0 Å². The van der Waals surface area contributed by atoms with Crippen LogP contribution in [0.2, 0.25) is 0 Å². The van der Waals surface area contributed by atoms with E-state index in [-0.39, 0.29) is 12.4 Å². The van der Waals surface area contributed by atoms with Gasteiger partial charge in [0.25, 0.3) is 0 Å². The fraction of sp³-hybridized carbons (Fsp3) is 0.429. The van der Waals surface area contributed by atoms with Crippen LogP contribution < -0.4 is 19.5 Å². The van der Waals surface area contributed by atoms with Crippen LogP contribution in [0.3, 0.4) is 0 Å². The average molecular weight is 412 g/mol. The Morgan fingerprint density at radius 3 is 2.37 bits per heavy atom. The Balaban J connectivity index is 0.00000364. The molecule has 1 N–H and O–H groups in total. The van der Waals surface area contributed by atoms with E-state index in [1.54, 1.807) is 18.9 Å². The summed E-state index contributed by atoms with van der Waals surface area (Å²) in [5.41, 5.74) is 1.30. The van der Waals surface area contributed by atoms with Gasteiger partial charge in [0.15, 0.2) is 11.5 Å². The molecule has 6 heteroatoms. The van der Waals surface area contributed by atoms with Gasteiger partial charge in [-0.2, -0.15) is 0 Å². The fourth-order valence-electron chi connectivity index (χ4n) is 2.74. The lowest BCUT2D eigenvalue weighted by atomic mass is 10.1. The molecule has 0 aliphatic carbocycles. The number of nitrogens with one attached hydrogen (secondary N) is 1. The third-order valence-corrected chi connectivity index (χ3v) is 4.75. The van der Waals surface area contributed by atoms with Crippen LogP contribution in [-0.2, 0) is 6.42 Å². The smallest absolute Gasteiger partial charge is 0.161 e. The molecule has 0 radical (unpaired) electrons. The summed E-state index contributed by atoms with van der Waals surface area (Å²) >= 11 is 1.71. The Labute approximate surface area is 173 Å². The van der Waals surface area contributed by atoms with Crippen LogP contribution in [0.5, 0.6) is 17.2 Å². The molecule has 0 heterocycles. The van der Waals surface area contributed by atoms with Crippen molar-refractivity contribution in [1.29, 1.82) is 0 Å². The van der Waals surface area contributed by atoms with Gasteiger partial charge in [0.1, 0.15) is 12.4 Å². The van der Waals surface area contributed by atoms with Gasteiger partial charge in [0.05, 0.1) is 13.7 Å². The third kappa shape index (κ3) is 7.53. The minimum Gasteiger partial charge on any atom is -0.496 e. The van der Waals surface area contributed by atoms with E-state index in [2.05, 4.69) is 30.6 Å². The first-order valence-electron chi connectivity index (χ1n) is 8.96. The summed E-state index contributed by atoms with van der Waals surface area (Å²) < 4.78 is 16.8. The molecule has 0 saturated carbocycles. The number of methoxy groups -OCH3 is 1. The summed E-state index contributed by atoms with van der Waals surface area (Å²) in [4.78, 5) is 1.17. The number of para-hydroxylation sites is 2. The number of halogens is 1. The van der Waals surface area contributed by atoms with Gasteiger partial charge >= 0.3 is 0 Å². The van der Waals surface area contributed by atoms with Crippen molar-refractivity contribution in [2.24, 2.45) is 0 Å². The van der Waals surface area contributed by atoms with Crippen molar-refractivity contribution in [1.82, 2.24) is 5.32 Å². The Morgan fingerprint density at radius 1 is 1.04 bits per heavy atom. The molecule has 1 atom stereocenters. The molecule has 150 valence electrons. The first-order valence-corrected chi connectivity index (χ1v) is 10.2. The van der Waals surface area contributed by atoms with E-state index in [1.807, 2.05) is 37.3 Å². The molecule has 0 saturated heterocycles. The number of hydrogen-bond donors (Lipinski definition) is 1. The molecule has 4 nitrogen and oxygen atoms in total. The van der Waals surface area contributed by atoms with E-state index in [1.165, 1.54) is 10.5 Å². The number of benzene rings is 2. The average Bonchev–Trinajstić information content (AvgIpc) is 2.66. The summed E-state index contributed by atoms with van der Waals surface area (Å²) in [5.74, 6) is 2.53. The van der Waals surface area contributed by atoms with E-state index < -0.39 is 0 Å². The molecular weight excluding hydrogens is 382 g/mol. The monoisotopic (exact) mass is 411 g/mol. The largest absolute Gasteiger partial charge is 0.496 e. The first-order chi connectivity index (χ1) is 12.7. The van der Waals surface area contributed by atoms with Crippen LogP contribution in [0.4, 0.5) is 0 Å². The summed E-state index contributed by atoms with van der Waals surface area (Å²) in [5, 5.41) is 3.52. The van der Waals surface area contributed by atoms with Crippen molar-refractivity contribution in [2.75, 3.05) is 33.1 Å². The number of ether oxygens (including phenoxy) is 3. The number of rotatable bonds is 11. The van der Waals surface area contributed by atoms with Gasteiger partial charge in [-0.25, -0.2) is 0 Å². The second kappa shape index (κ2) is 12.8. The summed E-state index contributed by atoms with van der Waals surface area (Å²) in [6.07, 6.45) is 3.04. The van der Waals surface area contributed by atoms with Crippen molar-refractivity contribution in [3.8, 4) is 17.2 Å². The molecule has 27 heavy (non-hydrogen) atoms. The number of thioether (sulfide) groups is 1. The Morgan fingerprint density at radius 2 is 1.74 bits per heavy atom. The van der Waals surface area contributed by atoms with Gasteiger partial charge in [-0.05, 0) is 56.4 Å². The molecule has 0 fully saturated rings. The zero-order valence-electron chi connectivity index (χ0n) is 16.5. The fourth-order valence-corrected chi connectivity index (χ4v) is 3.37. The van der Waals surface area contributed by atoms with Crippen molar-refractivity contribution in [3.05, 3.63) is 48.0 Å². The maximum Gasteiger partial charge on any atom is 0.161 e. The van der Waals surface area contributed by atoms with Gasteiger partial charge in [0, 0.05) is 17.5 Å². The SMILES string of the molecule is CCOc1ccccc1OCCNC(C)Cc1ccc(OC)c(SC)c1.Cl. The van der Waals surface area contributed by atoms with Crippen LogP contribution in [0.25, 0.3) is 0 Å². The predicted octanol–water partition coefficient (Wildman–Crippen LogP) is 4.84. The Bertz CT molecular complexity index is 684. The highest BCUT2D eigenvalue weighted by atomic mass is 35.5. The second-order valence-electron chi connectivity index (χ2n) is 5.98. The molecule has 0 aliphatic heterocycles. The molecule has 0 aromatic heterocycles. The van der Waals surface area contributed by atoms with Gasteiger partial charge in [-0.1, -0.05) is 18.2 Å². The van der Waals surface area contributed by atoms with Crippen LogP contribution in [0.1, 0.15) is 19.4 Å². The third-order valence-electron chi connectivity index (χ3n) is 3.99. The Hall–Kier alpha value is -1.56. The minimum atomic E-state index is 0. The predicted molar refractivity (Wildman–Crippen MR) is 116 cm³/mol. The molecule has 0 amide bonds. The lowest BCUT2D eigenvalue weighted by molar-refractivity contribution is 0.272. The summed E-state index contributed by atoms with van der Waals surface area (Å²) in [7, 11) is 1.71. The molecule has 1 unspecified atom stereocenters. The standard InChI is InChI=1S/C21H29NO3S.ClH/c1-5-24-18-8-6-7-9-19(18)25-13-12-22-16(2)14-17-10-11-20(23-3)21(15-17)26-4;/h6-11,15-16,22H,5,12-14H2,1-4H3;1H. The zero-order chi connectivity index (χ0) is 18.8. The van der Waals surface area contributed by atoms with Crippen molar-refractivity contribution < 1.29 is 14.2 Å². The van der Waals surface area contributed by atoms with E-state index >= 15 is 0 Å². The van der Waals surface area contributed by atoms with Gasteiger partial charge in [-0.15, -0.1) is 24.2 Å². The maximum atomic E-state index is 5.85. The topological polar surface area (TPSA) is 39.7 Å². The summed E-state index contributed by atoms with van der Waals surface area (Å²) in [6, 6.07) is 14.5. The number of hydrogen-bond acceptors (Lipinski definition) is 5. The molecule has 2 aromatic carbocycles. The zero-order valence-corrected chi connectivity index (χ0v) is 18.1. The first kappa shape index (κ1) is 23.5. The minimum absolute atomic E-state index is 0. The molecule has 2 aromatic rings. The highest BCUT2D eigenvalue weighted by Crippen LogP contribution is 2.29. The van der Waals surface area contributed by atoms with E-state index in [4.69, 9.17) is 14.2 Å². The van der Waals surface area contributed by atoms with Crippen LogP contribution >= 0.6 is 24.2 Å². The normalized spacial score (nSPS) is 11.4. The van der Waals surface area contributed by atoms with Gasteiger partial charge in [-0.3, -0.25) is 0 Å². The van der Waals surface area contributed by atoms with Gasteiger partial charge in [0.2, 0.25) is 0 Å². The lowest BCUT2D eigenvalue weighted by Crippen LogP contribution is -2.31. The second-order valence-corrected chi connectivity index (χ2v) is 6.82. The van der Waals surface area contributed by atoms with Crippen molar-refractivity contribution >= 4 is 24.2 Å². The van der Waals surface area contributed by atoms with Gasteiger partial charge < -0.3 is 19.5 Å². The molecule has 2 rings (SSSR count). The highest BCUT2D eigenvalue weighted by molar-refractivity contribution is 7.98. The quantitative estimate of drug-likeness (QED) is 0.423. The van der Waals surface area contributed by atoms with Crippen LogP contribution in [0, 0.1) is 0 Å². The molecule has 0 aliphatic rings.